The second kappa shape index (κ2) is 10.5. The normalized spacial score (nSPS) is 20.9. The van der Waals surface area contributed by atoms with E-state index in [0.717, 1.165) is 0 Å². The maximum Gasteiger partial charge on any atom is 0.338 e. The van der Waals surface area contributed by atoms with E-state index in [1.807, 2.05) is 0 Å². The Morgan fingerprint density at radius 1 is 1.40 bits per heavy atom. The van der Waals surface area contributed by atoms with Gasteiger partial charge in [0, 0.05) is 43.8 Å². The summed E-state index contributed by atoms with van der Waals surface area (Å²) in [5, 5.41) is 12.7. The summed E-state index contributed by atoms with van der Waals surface area (Å²) in [6, 6.07) is 2.37. The molecule has 0 spiro atoms. The molecule has 0 unspecified atom stereocenters. The van der Waals surface area contributed by atoms with Crippen LogP contribution >= 0.6 is 11.6 Å². The Balaban J connectivity index is 1.87. The van der Waals surface area contributed by atoms with Gasteiger partial charge in [0.2, 0.25) is 0 Å². The standard InChI is InChI=1S/C23H25ClFN5O5/c1-3-35-23(33)17-15(11-30-9-10-34-12-16(30)22(31)32)27-20(21-26-7-8-29(21)2)28-19(17)13-5-4-6-14(25)18(13)24/h4-8,16,19H,3,9-12H2,1-2H3,(H,27,28)(H,31,32)/t16-,19-/m0/s1. The Kier molecular flexibility index (Phi) is 7.48. The molecule has 2 atom stereocenters. The minimum absolute atomic E-state index is 0.0107. The second-order valence-electron chi connectivity index (χ2n) is 8.02. The van der Waals surface area contributed by atoms with E-state index >= 15 is 0 Å². The molecule has 12 heteroatoms. The van der Waals surface area contributed by atoms with Crippen molar-refractivity contribution in [2.45, 2.75) is 19.0 Å². The predicted octanol–water partition coefficient (Wildman–Crippen LogP) is 1.91. The van der Waals surface area contributed by atoms with Crippen molar-refractivity contribution in [1.29, 1.82) is 0 Å². The minimum Gasteiger partial charge on any atom is -0.480 e. The Hall–Kier alpha value is -3.28. The van der Waals surface area contributed by atoms with Crippen LogP contribution in [-0.2, 0) is 26.1 Å². The maximum atomic E-state index is 14.4. The molecule has 0 radical (unpaired) electrons. The van der Waals surface area contributed by atoms with Gasteiger partial charge in [-0.25, -0.2) is 14.2 Å². The lowest BCUT2D eigenvalue weighted by Gasteiger charge is -2.35. The van der Waals surface area contributed by atoms with Gasteiger partial charge in [-0.3, -0.25) is 14.7 Å². The highest BCUT2D eigenvalue weighted by atomic mass is 35.5. The van der Waals surface area contributed by atoms with Crippen molar-refractivity contribution in [3.8, 4) is 0 Å². The van der Waals surface area contributed by atoms with Gasteiger partial charge in [0.15, 0.2) is 11.7 Å². The molecule has 4 rings (SSSR count). The number of hydrogen-bond donors (Lipinski definition) is 2. The third-order valence-electron chi connectivity index (χ3n) is 5.82. The summed E-state index contributed by atoms with van der Waals surface area (Å²) < 4.78 is 26.8. The van der Waals surface area contributed by atoms with Crippen molar-refractivity contribution in [2.75, 3.05) is 32.9 Å². The molecular formula is C23H25ClFN5O5. The molecule has 2 aliphatic rings. The summed E-state index contributed by atoms with van der Waals surface area (Å²) in [6.45, 7) is 2.51. The van der Waals surface area contributed by atoms with Crippen molar-refractivity contribution in [3.63, 3.8) is 0 Å². The molecule has 186 valence electrons. The maximum absolute atomic E-state index is 14.4. The van der Waals surface area contributed by atoms with Crippen molar-refractivity contribution in [3.05, 3.63) is 64.1 Å². The molecule has 0 bridgehead atoms. The van der Waals surface area contributed by atoms with Gasteiger partial charge in [0.25, 0.3) is 0 Å². The molecule has 1 aromatic carbocycles. The van der Waals surface area contributed by atoms with Crippen molar-refractivity contribution in [2.24, 2.45) is 12.0 Å². The molecule has 0 saturated carbocycles. The fourth-order valence-corrected chi connectivity index (χ4v) is 4.32. The number of imidazole rings is 1. The number of nitrogens with one attached hydrogen (secondary N) is 1. The summed E-state index contributed by atoms with van der Waals surface area (Å²) in [4.78, 5) is 35.8. The zero-order valence-corrected chi connectivity index (χ0v) is 20.0. The van der Waals surface area contributed by atoms with E-state index in [-0.39, 0.29) is 35.9 Å². The molecule has 35 heavy (non-hydrogen) atoms. The number of benzene rings is 1. The van der Waals surface area contributed by atoms with Crippen LogP contribution in [0.3, 0.4) is 0 Å². The summed E-state index contributed by atoms with van der Waals surface area (Å²) >= 11 is 6.32. The van der Waals surface area contributed by atoms with Crippen LogP contribution in [-0.4, -0.2) is 76.3 Å². The van der Waals surface area contributed by atoms with Gasteiger partial charge in [0.05, 0.1) is 30.4 Å². The number of aliphatic imine (C=N–C) groups is 1. The van der Waals surface area contributed by atoms with Gasteiger partial charge in [-0.1, -0.05) is 23.7 Å². The van der Waals surface area contributed by atoms with E-state index < -0.39 is 29.8 Å². The van der Waals surface area contributed by atoms with E-state index in [2.05, 4.69) is 10.3 Å². The first-order chi connectivity index (χ1) is 16.8. The summed E-state index contributed by atoms with van der Waals surface area (Å²) in [5.41, 5.74) is 0.764. The predicted molar refractivity (Wildman–Crippen MR) is 125 cm³/mol. The van der Waals surface area contributed by atoms with E-state index in [4.69, 9.17) is 26.1 Å². The number of esters is 1. The van der Waals surface area contributed by atoms with Crippen LogP contribution in [0.2, 0.25) is 5.02 Å². The minimum atomic E-state index is -1.04. The van der Waals surface area contributed by atoms with E-state index in [1.54, 1.807) is 41.9 Å². The average Bonchev–Trinajstić information content (AvgIpc) is 3.26. The van der Waals surface area contributed by atoms with Crippen LogP contribution in [0.15, 0.2) is 46.9 Å². The van der Waals surface area contributed by atoms with Gasteiger partial charge >= 0.3 is 11.9 Å². The lowest BCUT2D eigenvalue weighted by Crippen LogP contribution is -2.52. The number of halogens is 2. The molecule has 0 aliphatic carbocycles. The van der Waals surface area contributed by atoms with E-state index in [9.17, 15) is 19.1 Å². The molecule has 3 heterocycles. The van der Waals surface area contributed by atoms with Crippen molar-refractivity contribution < 1.29 is 28.6 Å². The SMILES string of the molecule is CCOC(=O)C1=C(CN2CCOC[C@H]2C(=O)O)NC(c2nccn2C)=N[C@H]1c1cccc(F)c1Cl. The fourth-order valence-electron chi connectivity index (χ4n) is 4.09. The van der Waals surface area contributed by atoms with Crippen molar-refractivity contribution >= 4 is 29.4 Å². The Morgan fingerprint density at radius 2 is 2.20 bits per heavy atom. The Morgan fingerprint density at radius 3 is 2.89 bits per heavy atom. The van der Waals surface area contributed by atoms with Gasteiger partial charge in [0.1, 0.15) is 17.9 Å². The van der Waals surface area contributed by atoms with Gasteiger partial charge < -0.3 is 24.5 Å². The number of rotatable bonds is 7. The number of ether oxygens (including phenoxy) is 2. The molecule has 2 aromatic rings. The number of aryl methyl sites for hydroxylation is 1. The molecule has 1 aromatic heterocycles. The highest BCUT2D eigenvalue weighted by Gasteiger charge is 2.37. The number of aromatic nitrogens is 2. The molecule has 10 nitrogen and oxygen atoms in total. The lowest BCUT2D eigenvalue weighted by molar-refractivity contribution is -0.149. The number of carboxylic acids is 1. The fraction of sp³-hybridized carbons (Fsp3) is 0.391. The molecule has 1 saturated heterocycles. The monoisotopic (exact) mass is 505 g/mol. The largest absolute Gasteiger partial charge is 0.480 e. The first kappa shape index (κ1) is 24.8. The smallest absolute Gasteiger partial charge is 0.338 e. The summed E-state index contributed by atoms with van der Waals surface area (Å²) in [7, 11) is 1.78. The van der Waals surface area contributed by atoms with Crippen LogP contribution < -0.4 is 5.32 Å². The first-order valence-corrected chi connectivity index (χ1v) is 11.4. The van der Waals surface area contributed by atoms with Gasteiger partial charge in [-0.15, -0.1) is 0 Å². The zero-order valence-electron chi connectivity index (χ0n) is 19.2. The van der Waals surface area contributed by atoms with Gasteiger partial charge in [-0.05, 0) is 13.0 Å². The number of hydrogen-bond acceptors (Lipinski definition) is 8. The summed E-state index contributed by atoms with van der Waals surface area (Å²) in [6.07, 6.45) is 3.33. The zero-order chi connectivity index (χ0) is 25.1. The number of carbonyl (C=O) groups excluding carboxylic acids is 1. The van der Waals surface area contributed by atoms with Crippen LogP contribution in [0.25, 0.3) is 0 Å². The van der Waals surface area contributed by atoms with Crippen LogP contribution in [0, 0.1) is 5.82 Å². The molecule has 2 aliphatic heterocycles. The van der Waals surface area contributed by atoms with Crippen LogP contribution in [0.5, 0.6) is 0 Å². The number of amidine groups is 1. The highest BCUT2D eigenvalue weighted by molar-refractivity contribution is 6.31. The number of morpholine rings is 1. The quantitative estimate of drug-likeness (QED) is 0.548. The number of carboxylic acid groups (broad SMARTS) is 1. The first-order valence-electron chi connectivity index (χ1n) is 11.0. The Labute approximate surface area is 206 Å². The molecule has 1 fully saturated rings. The number of carbonyl (C=O) groups is 2. The second-order valence-corrected chi connectivity index (χ2v) is 8.40. The molecule has 2 N–H and O–H groups in total. The average molecular weight is 506 g/mol. The molecular weight excluding hydrogens is 481 g/mol. The number of aliphatic carboxylic acids is 1. The van der Waals surface area contributed by atoms with Crippen LogP contribution in [0.4, 0.5) is 4.39 Å². The lowest BCUT2D eigenvalue weighted by atomic mass is 9.94. The third-order valence-corrected chi connectivity index (χ3v) is 6.21. The van der Waals surface area contributed by atoms with Crippen molar-refractivity contribution in [1.82, 2.24) is 19.8 Å². The van der Waals surface area contributed by atoms with E-state index in [1.165, 1.54) is 12.1 Å². The Bertz CT molecular complexity index is 1200. The number of nitrogens with zero attached hydrogens (tertiary/aromatic N) is 4. The third kappa shape index (κ3) is 5.07. The highest BCUT2D eigenvalue weighted by Crippen LogP contribution is 2.37. The topological polar surface area (TPSA) is 118 Å². The van der Waals surface area contributed by atoms with E-state index in [0.29, 0.717) is 30.5 Å². The molecule has 0 amide bonds. The summed E-state index contributed by atoms with van der Waals surface area (Å²) in [5.74, 6) is -1.56. The van der Waals surface area contributed by atoms with Crippen LogP contribution in [0.1, 0.15) is 24.4 Å². The van der Waals surface area contributed by atoms with Gasteiger partial charge in [-0.2, -0.15) is 0 Å².